The minimum absolute atomic E-state index is 0.248. The van der Waals surface area contributed by atoms with Crippen LogP contribution in [0.5, 0.6) is 11.5 Å². The van der Waals surface area contributed by atoms with Crippen LogP contribution in [-0.4, -0.2) is 24.0 Å². The van der Waals surface area contributed by atoms with Gasteiger partial charge in [0.2, 0.25) is 0 Å². The van der Waals surface area contributed by atoms with Crippen molar-refractivity contribution in [3.8, 4) is 11.5 Å². The first-order chi connectivity index (χ1) is 16.0. The molecule has 1 aromatic heterocycles. The summed E-state index contributed by atoms with van der Waals surface area (Å²) in [4.78, 5) is 28.1. The van der Waals surface area contributed by atoms with Crippen molar-refractivity contribution in [2.45, 2.75) is 33.4 Å². The monoisotopic (exact) mass is 464 g/mol. The molecular formula is C26H29FN4O3. The van der Waals surface area contributed by atoms with E-state index in [2.05, 4.69) is 20.9 Å². The average molecular weight is 465 g/mol. The molecule has 0 saturated heterocycles. The van der Waals surface area contributed by atoms with Gasteiger partial charge >= 0.3 is 6.03 Å². The number of anilines is 2. The molecule has 0 saturated carbocycles. The molecule has 1 heterocycles. The Balaban J connectivity index is 1.58. The minimum atomic E-state index is -1.50. The van der Waals surface area contributed by atoms with Gasteiger partial charge in [0, 0.05) is 30.7 Å². The highest BCUT2D eigenvalue weighted by Gasteiger charge is 2.39. The molecule has 0 radical (unpaired) electrons. The van der Waals surface area contributed by atoms with E-state index in [4.69, 9.17) is 4.74 Å². The molecule has 8 heteroatoms. The fourth-order valence-electron chi connectivity index (χ4n) is 3.06. The number of rotatable bonds is 6. The fourth-order valence-corrected chi connectivity index (χ4v) is 3.06. The molecular weight excluding hydrogens is 435 g/mol. The fraction of sp³-hybridized carbons (Fsp3) is 0.269. The summed E-state index contributed by atoms with van der Waals surface area (Å²) < 4.78 is 20.9. The van der Waals surface area contributed by atoms with Crippen molar-refractivity contribution in [3.05, 3.63) is 78.1 Å². The Morgan fingerprint density at radius 1 is 0.853 bits per heavy atom. The Labute approximate surface area is 198 Å². The van der Waals surface area contributed by atoms with Gasteiger partial charge in [0.25, 0.3) is 5.91 Å². The van der Waals surface area contributed by atoms with E-state index in [9.17, 15) is 9.59 Å². The number of benzene rings is 2. The number of alkyl halides is 1. The van der Waals surface area contributed by atoms with E-state index in [0.717, 1.165) is 0 Å². The second-order valence-corrected chi connectivity index (χ2v) is 8.99. The van der Waals surface area contributed by atoms with Crippen LogP contribution >= 0.6 is 0 Å². The first-order valence-corrected chi connectivity index (χ1v) is 10.8. The highest BCUT2D eigenvalue weighted by Crippen LogP contribution is 2.42. The molecule has 0 aliphatic rings. The Morgan fingerprint density at radius 2 is 1.41 bits per heavy atom. The third-order valence-corrected chi connectivity index (χ3v) is 5.63. The summed E-state index contributed by atoms with van der Waals surface area (Å²) in [6.45, 7) is 7.11. The van der Waals surface area contributed by atoms with Crippen LogP contribution in [0.1, 0.15) is 43.7 Å². The van der Waals surface area contributed by atoms with Gasteiger partial charge in [-0.15, -0.1) is 0 Å². The Morgan fingerprint density at radius 3 is 1.94 bits per heavy atom. The quantitative estimate of drug-likeness (QED) is 0.410. The van der Waals surface area contributed by atoms with Crippen LogP contribution < -0.4 is 20.7 Å². The molecule has 3 amide bonds. The van der Waals surface area contributed by atoms with Crippen molar-refractivity contribution in [2.75, 3.05) is 17.7 Å². The minimum Gasteiger partial charge on any atom is -0.457 e. The number of hydrogen-bond donors (Lipinski definition) is 3. The number of hydrogen-bond acceptors (Lipinski definition) is 4. The maximum Gasteiger partial charge on any atom is 0.323 e. The molecule has 3 rings (SSSR count). The second kappa shape index (κ2) is 9.91. The second-order valence-electron chi connectivity index (χ2n) is 8.99. The topological polar surface area (TPSA) is 92.4 Å². The van der Waals surface area contributed by atoms with Gasteiger partial charge in [-0.25, -0.2) is 9.18 Å². The Kier molecular flexibility index (Phi) is 7.20. The zero-order valence-corrected chi connectivity index (χ0v) is 19.9. The molecule has 1 atom stereocenters. The first kappa shape index (κ1) is 24.7. The van der Waals surface area contributed by atoms with Gasteiger partial charge in [-0.2, -0.15) is 0 Å². The van der Waals surface area contributed by atoms with Crippen LogP contribution in [-0.2, 0) is 5.67 Å². The summed E-state index contributed by atoms with van der Waals surface area (Å²) in [6.07, 6.45) is 1.49. The Hall–Kier alpha value is -3.94. The van der Waals surface area contributed by atoms with Gasteiger partial charge in [0.05, 0.1) is 0 Å². The van der Waals surface area contributed by atoms with Gasteiger partial charge < -0.3 is 20.7 Å². The summed E-state index contributed by atoms with van der Waals surface area (Å²) in [5, 5.41) is 7.99. The lowest BCUT2D eigenvalue weighted by molar-refractivity contribution is 0.0452. The SMILES string of the molecule is CNC(=O)c1cc(Oc2ccc(NC(=O)Nc3ccc(C(C)(F)C(C)(C)C)cc3)cc2)ccn1. The zero-order chi connectivity index (χ0) is 24.9. The van der Waals surface area contributed by atoms with Crippen LogP contribution in [0.25, 0.3) is 0 Å². The highest BCUT2D eigenvalue weighted by atomic mass is 19.1. The lowest BCUT2D eigenvalue weighted by atomic mass is 9.75. The number of pyridine rings is 1. The van der Waals surface area contributed by atoms with Crippen molar-refractivity contribution >= 4 is 23.3 Å². The van der Waals surface area contributed by atoms with E-state index in [0.29, 0.717) is 28.4 Å². The third kappa shape index (κ3) is 5.89. The number of nitrogens with one attached hydrogen (secondary N) is 3. The van der Waals surface area contributed by atoms with Gasteiger partial charge in [0.1, 0.15) is 22.9 Å². The summed E-state index contributed by atoms with van der Waals surface area (Å²) >= 11 is 0. The van der Waals surface area contributed by atoms with E-state index < -0.39 is 17.1 Å². The van der Waals surface area contributed by atoms with E-state index in [-0.39, 0.29) is 11.6 Å². The largest absolute Gasteiger partial charge is 0.457 e. The molecule has 34 heavy (non-hydrogen) atoms. The predicted octanol–water partition coefficient (Wildman–Crippen LogP) is 6.11. The molecule has 0 bridgehead atoms. The normalized spacial score (nSPS) is 12.9. The number of aromatic nitrogens is 1. The molecule has 0 aliphatic carbocycles. The lowest BCUT2D eigenvalue weighted by Crippen LogP contribution is -2.32. The number of nitrogens with zero attached hydrogens (tertiary/aromatic N) is 1. The maximum absolute atomic E-state index is 15.1. The van der Waals surface area contributed by atoms with Gasteiger partial charge in [0.15, 0.2) is 0 Å². The van der Waals surface area contributed by atoms with E-state index in [1.54, 1.807) is 61.5 Å². The molecule has 1 unspecified atom stereocenters. The smallest absolute Gasteiger partial charge is 0.323 e. The molecule has 0 spiro atoms. The number of ether oxygens (including phenoxy) is 1. The number of halogens is 1. The van der Waals surface area contributed by atoms with Gasteiger partial charge in [-0.1, -0.05) is 32.9 Å². The van der Waals surface area contributed by atoms with Gasteiger partial charge in [-0.3, -0.25) is 9.78 Å². The number of carbonyl (C=O) groups is 2. The summed E-state index contributed by atoms with van der Waals surface area (Å²) in [6, 6.07) is 16.2. The van der Waals surface area contributed by atoms with Crippen LogP contribution in [0.3, 0.4) is 0 Å². The van der Waals surface area contributed by atoms with Crippen LogP contribution in [0.4, 0.5) is 20.6 Å². The van der Waals surface area contributed by atoms with Gasteiger partial charge in [-0.05, 0) is 60.4 Å². The summed E-state index contributed by atoms with van der Waals surface area (Å²) in [5.41, 5.74) is -0.144. The summed E-state index contributed by atoms with van der Waals surface area (Å²) in [7, 11) is 1.53. The molecule has 0 fully saturated rings. The van der Waals surface area contributed by atoms with Crippen LogP contribution in [0.2, 0.25) is 0 Å². The Bertz CT molecular complexity index is 1150. The molecule has 0 aliphatic heterocycles. The highest BCUT2D eigenvalue weighted by molar-refractivity contribution is 5.99. The number of amides is 3. The van der Waals surface area contributed by atoms with Crippen molar-refractivity contribution in [1.82, 2.24) is 10.3 Å². The van der Waals surface area contributed by atoms with Crippen molar-refractivity contribution in [1.29, 1.82) is 0 Å². The lowest BCUT2D eigenvalue weighted by Gasteiger charge is -2.35. The van der Waals surface area contributed by atoms with E-state index in [1.807, 2.05) is 20.8 Å². The standard InChI is InChI=1S/C26H29FN4O3/c1-25(2,3)26(4,27)17-6-8-18(9-7-17)30-24(33)31-19-10-12-20(13-11-19)34-21-14-15-29-22(16-21)23(32)28-5/h6-16H,1-5H3,(H,28,32)(H2,30,31,33). The molecule has 3 aromatic rings. The summed E-state index contributed by atoms with van der Waals surface area (Å²) in [5.74, 6) is 0.689. The predicted molar refractivity (Wildman–Crippen MR) is 131 cm³/mol. The van der Waals surface area contributed by atoms with Crippen LogP contribution in [0, 0.1) is 5.41 Å². The molecule has 2 aromatic carbocycles. The van der Waals surface area contributed by atoms with Crippen molar-refractivity contribution in [3.63, 3.8) is 0 Å². The van der Waals surface area contributed by atoms with Crippen molar-refractivity contribution < 1.29 is 18.7 Å². The van der Waals surface area contributed by atoms with Crippen molar-refractivity contribution in [2.24, 2.45) is 5.41 Å². The molecule has 178 valence electrons. The van der Waals surface area contributed by atoms with E-state index in [1.165, 1.54) is 19.3 Å². The van der Waals surface area contributed by atoms with Crippen LogP contribution in [0.15, 0.2) is 66.9 Å². The number of urea groups is 1. The zero-order valence-electron chi connectivity index (χ0n) is 19.9. The maximum atomic E-state index is 15.1. The molecule has 3 N–H and O–H groups in total. The number of carbonyl (C=O) groups excluding carboxylic acids is 2. The third-order valence-electron chi connectivity index (χ3n) is 5.63. The average Bonchev–Trinajstić information content (AvgIpc) is 2.79. The first-order valence-electron chi connectivity index (χ1n) is 10.8. The van der Waals surface area contributed by atoms with E-state index >= 15 is 4.39 Å². The molecule has 7 nitrogen and oxygen atoms in total.